The van der Waals surface area contributed by atoms with Gasteiger partial charge in [0.05, 0.1) is 31.6 Å². The molecule has 1 unspecified atom stereocenters. The van der Waals surface area contributed by atoms with Gasteiger partial charge in [-0.1, -0.05) is 6.07 Å². The molecule has 0 fully saturated rings. The van der Waals surface area contributed by atoms with Crippen LogP contribution in [0.4, 0.5) is 5.69 Å². The van der Waals surface area contributed by atoms with E-state index in [0.717, 1.165) is 10.5 Å². The Balaban J connectivity index is 2.10. The molecule has 0 bridgehead atoms. The Kier molecular flexibility index (Phi) is 7.75. The second-order valence-corrected chi connectivity index (χ2v) is 7.43. The molecule has 0 saturated heterocycles. The second kappa shape index (κ2) is 10.0. The minimum Gasteiger partial charge on any atom is -0.493 e. The third-order valence-corrected chi connectivity index (χ3v) is 5.14. The van der Waals surface area contributed by atoms with Crippen molar-refractivity contribution in [2.75, 3.05) is 26.1 Å². The average molecular weight is 404 g/mol. The molecular weight excluding hydrogens is 378 g/mol. The van der Waals surface area contributed by atoms with Crippen molar-refractivity contribution in [3.05, 3.63) is 47.5 Å². The van der Waals surface area contributed by atoms with Gasteiger partial charge in [0.1, 0.15) is 0 Å². The van der Waals surface area contributed by atoms with Gasteiger partial charge in [0.2, 0.25) is 5.91 Å². The van der Waals surface area contributed by atoms with Gasteiger partial charge in [-0.05, 0) is 56.7 Å². The number of carbonyl (C=O) groups is 2. The molecule has 0 heterocycles. The molecule has 7 heteroatoms. The van der Waals surface area contributed by atoms with Gasteiger partial charge in [-0.2, -0.15) is 0 Å². The van der Waals surface area contributed by atoms with Gasteiger partial charge in [0.15, 0.2) is 11.5 Å². The number of rotatable bonds is 8. The maximum Gasteiger partial charge on any atom is 0.338 e. The van der Waals surface area contributed by atoms with Crippen LogP contribution in [0.3, 0.4) is 0 Å². The van der Waals surface area contributed by atoms with Crippen LogP contribution in [-0.4, -0.2) is 38.0 Å². The van der Waals surface area contributed by atoms with Crippen molar-refractivity contribution in [3.8, 4) is 11.5 Å². The zero-order valence-electron chi connectivity index (χ0n) is 16.7. The van der Waals surface area contributed by atoms with Crippen molar-refractivity contribution in [2.24, 2.45) is 0 Å². The molecule has 28 heavy (non-hydrogen) atoms. The fourth-order valence-electron chi connectivity index (χ4n) is 2.48. The normalized spacial score (nSPS) is 11.5. The molecule has 2 aromatic carbocycles. The van der Waals surface area contributed by atoms with E-state index in [1.54, 1.807) is 45.4 Å². The molecule has 2 rings (SSSR count). The number of nitrogens with one attached hydrogen (secondary N) is 1. The number of benzene rings is 2. The van der Waals surface area contributed by atoms with Crippen molar-refractivity contribution < 1.29 is 23.8 Å². The first-order valence-electron chi connectivity index (χ1n) is 8.86. The molecule has 0 saturated carbocycles. The first kappa shape index (κ1) is 21.6. The summed E-state index contributed by atoms with van der Waals surface area (Å²) >= 11 is 1.40. The lowest BCUT2D eigenvalue weighted by Gasteiger charge is -2.15. The summed E-state index contributed by atoms with van der Waals surface area (Å²) in [7, 11) is 3.15. The Morgan fingerprint density at radius 2 is 1.79 bits per heavy atom. The van der Waals surface area contributed by atoms with Crippen LogP contribution in [-0.2, 0) is 9.53 Å². The lowest BCUT2D eigenvalue weighted by Crippen LogP contribution is -2.23. The SMILES string of the molecule is CCOC(=O)c1ccc(C)c(NC(=O)C(C)Sc2ccc(OC)c(OC)c2)c1. The van der Waals surface area contributed by atoms with Gasteiger partial charge < -0.3 is 19.5 Å². The van der Waals surface area contributed by atoms with Crippen LogP contribution < -0.4 is 14.8 Å². The van der Waals surface area contributed by atoms with Gasteiger partial charge in [0.25, 0.3) is 0 Å². The van der Waals surface area contributed by atoms with Crippen LogP contribution in [0.2, 0.25) is 0 Å². The first-order chi connectivity index (χ1) is 13.4. The number of hydrogen-bond donors (Lipinski definition) is 1. The minimum atomic E-state index is -0.411. The molecule has 1 N–H and O–H groups in total. The number of amides is 1. The summed E-state index contributed by atoms with van der Waals surface area (Å²) in [6.45, 7) is 5.74. The first-order valence-corrected chi connectivity index (χ1v) is 9.74. The number of anilines is 1. The maximum absolute atomic E-state index is 12.6. The molecule has 1 atom stereocenters. The van der Waals surface area contributed by atoms with Crippen molar-refractivity contribution in [1.82, 2.24) is 0 Å². The molecule has 2 aromatic rings. The summed E-state index contributed by atoms with van der Waals surface area (Å²) in [6, 6.07) is 10.6. The van der Waals surface area contributed by atoms with E-state index in [1.807, 2.05) is 26.0 Å². The number of esters is 1. The number of thioether (sulfide) groups is 1. The van der Waals surface area contributed by atoms with Gasteiger partial charge in [-0.15, -0.1) is 11.8 Å². The highest BCUT2D eigenvalue weighted by Gasteiger charge is 2.18. The van der Waals surface area contributed by atoms with Crippen LogP contribution in [0, 0.1) is 6.92 Å². The zero-order chi connectivity index (χ0) is 20.7. The Morgan fingerprint density at radius 1 is 1.07 bits per heavy atom. The summed E-state index contributed by atoms with van der Waals surface area (Å²) in [4.78, 5) is 25.5. The van der Waals surface area contributed by atoms with Gasteiger partial charge in [-0.25, -0.2) is 4.79 Å². The van der Waals surface area contributed by atoms with E-state index < -0.39 is 5.97 Å². The van der Waals surface area contributed by atoms with E-state index in [0.29, 0.717) is 29.4 Å². The molecule has 6 nitrogen and oxygen atoms in total. The molecule has 0 aliphatic carbocycles. The monoisotopic (exact) mass is 403 g/mol. The molecular formula is C21H25NO5S. The molecule has 0 radical (unpaired) electrons. The topological polar surface area (TPSA) is 73.9 Å². The lowest BCUT2D eigenvalue weighted by atomic mass is 10.1. The third kappa shape index (κ3) is 5.42. The summed E-state index contributed by atoms with van der Waals surface area (Å²) in [6.07, 6.45) is 0. The fraction of sp³-hybridized carbons (Fsp3) is 0.333. The Labute approximate surface area is 169 Å². The summed E-state index contributed by atoms with van der Waals surface area (Å²) in [5, 5.41) is 2.54. The van der Waals surface area contributed by atoms with Crippen molar-refractivity contribution in [2.45, 2.75) is 30.9 Å². The minimum absolute atomic E-state index is 0.163. The highest BCUT2D eigenvalue weighted by Crippen LogP contribution is 2.34. The van der Waals surface area contributed by atoms with E-state index in [1.165, 1.54) is 11.8 Å². The van der Waals surface area contributed by atoms with E-state index in [2.05, 4.69) is 5.32 Å². The highest BCUT2D eigenvalue weighted by atomic mass is 32.2. The predicted octanol–water partition coefficient (Wildman–Crippen LogP) is 4.31. The fourth-order valence-corrected chi connectivity index (χ4v) is 3.38. The largest absolute Gasteiger partial charge is 0.493 e. The molecule has 0 aliphatic rings. The molecule has 0 spiro atoms. The third-order valence-electron chi connectivity index (χ3n) is 4.04. The van der Waals surface area contributed by atoms with Crippen LogP contribution in [0.5, 0.6) is 11.5 Å². The molecule has 0 aromatic heterocycles. The van der Waals surface area contributed by atoms with Gasteiger partial charge in [-0.3, -0.25) is 4.79 Å². The van der Waals surface area contributed by atoms with Crippen LogP contribution >= 0.6 is 11.8 Å². The Morgan fingerprint density at radius 3 is 2.43 bits per heavy atom. The van der Waals surface area contributed by atoms with Crippen molar-refractivity contribution in [1.29, 1.82) is 0 Å². The average Bonchev–Trinajstić information content (AvgIpc) is 2.69. The van der Waals surface area contributed by atoms with Gasteiger partial charge >= 0.3 is 5.97 Å². The second-order valence-electron chi connectivity index (χ2n) is 6.02. The van der Waals surface area contributed by atoms with Crippen molar-refractivity contribution in [3.63, 3.8) is 0 Å². The summed E-state index contributed by atoms with van der Waals surface area (Å²) < 4.78 is 15.6. The molecule has 0 aliphatic heterocycles. The van der Waals surface area contributed by atoms with E-state index in [-0.39, 0.29) is 11.2 Å². The number of ether oxygens (including phenoxy) is 3. The number of hydrogen-bond acceptors (Lipinski definition) is 6. The number of carbonyl (C=O) groups excluding carboxylic acids is 2. The smallest absolute Gasteiger partial charge is 0.338 e. The van der Waals surface area contributed by atoms with Crippen LogP contribution in [0.25, 0.3) is 0 Å². The van der Waals surface area contributed by atoms with Crippen molar-refractivity contribution >= 4 is 29.3 Å². The Hall–Kier alpha value is -2.67. The summed E-state index contributed by atoms with van der Waals surface area (Å²) in [5.74, 6) is 0.670. The highest BCUT2D eigenvalue weighted by molar-refractivity contribution is 8.00. The summed E-state index contributed by atoms with van der Waals surface area (Å²) in [5.41, 5.74) is 1.86. The van der Waals surface area contributed by atoms with E-state index in [4.69, 9.17) is 14.2 Å². The predicted molar refractivity (Wildman–Crippen MR) is 111 cm³/mol. The molecule has 1 amide bonds. The quantitative estimate of drug-likeness (QED) is 0.523. The van der Waals surface area contributed by atoms with E-state index in [9.17, 15) is 9.59 Å². The number of methoxy groups -OCH3 is 2. The van der Waals surface area contributed by atoms with E-state index >= 15 is 0 Å². The zero-order valence-corrected chi connectivity index (χ0v) is 17.5. The number of aryl methyl sites for hydroxylation is 1. The van der Waals surface area contributed by atoms with Gasteiger partial charge in [0, 0.05) is 10.6 Å². The lowest BCUT2D eigenvalue weighted by molar-refractivity contribution is -0.115. The Bertz CT molecular complexity index is 853. The maximum atomic E-state index is 12.6. The standard InChI is InChI=1S/C21H25NO5S/c1-6-27-21(24)15-8-7-13(2)17(11-15)22-20(23)14(3)28-16-9-10-18(25-4)19(12-16)26-5/h7-12,14H,6H2,1-5H3,(H,22,23). The van der Waals surface area contributed by atoms with Crippen LogP contribution in [0.1, 0.15) is 29.8 Å². The molecule has 150 valence electrons. The van der Waals surface area contributed by atoms with Crippen LogP contribution in [0.15, 0.2) is 41.3 Å².